The standard InChI is InChI=1S/C23H26N4O3/c1-14(2)21(23(29)25-13-17-7-5-6-10-24-17)26-22(28)19-12-20(30-27-19)18-11-15(3)8-9-16(18)4/h5-12,14,21H,13H2,1-4H3,(H,25,29)(H,26,28)/t21-/m0/s1. The number of hydrogen-bond acceptors (Lipinski definition) is 5. The van der Waals surface area contributed by atoms with Crippen LogP contribution < -0.4 is 10.6 Å². The van der Waals surface area contributed by atoms with Crippen molar-refractivity contribution in [2.45, 2.75) is 40.3 Å². The summed E-state index contributed by atoms with van der Waals surface area (Å²) in [5.41, 5.74) is 3.87. The van der Waals surface area contributed by atoms with Crippen molar-refractivity contribution in [1.82, 2.24) is 20.8 Å². The molecule has 3 aromatic rings. The summed E-state index contributed by atoms with van der Waals surface area (Å²) in [5, 5.41) is 9.49. The van der Waals surface area contributed by atoms with Crippen molar-refractivity contribution >= 4 is 11.8 Å². The molecule has 0 aliphatic carbocycles. The number of carbonyl (C=O) groups excluding carboxylic acids is 2. The number of pyridine rings is 1. The van der Waals surface area contributed by atoms with Crippen LogP contribution in [-0.2, 0) is 11.3 Å². The lowest BCUT2D eigenvalue weighted by Crippen LogP contribution is -2.49. The van der Waals surface area contributed by atoms with Gasteiger partial charge in [0.1, 0.15) is 6.04 Å². The summed E-state index contributed by atoms with van der Waals surface area (Å²) >= 11 is 0. The number of benzene rings is 1. The molecule has 0 fully saturated rings. The van der Waals surface area contributed by atoms with Gasteiger partial charge >= 0.3 is 0 Å². The molecule has 2 N–H and O–H groups in total. The number of nitrogens with one attached hydrogen (secondary N) is 2. The average molecular weight is 406 g/mol. The molecule has 0 unspecified atom stereocenters. The van der Waals surface area contributed by atoms with Crippen LogP contribution in [-0.4, -0.2) is 28.0 Å². The van der Waals surface area contributed by atoms with E-state index in [9.17, 15) is 9.59 Å². The second kappa shape index (κ2) is 9.35. The Balaban J connectivity index is 1.69. The Labute approximate surface area is 175 Å². The normalized spacial score (nSPS) is 11.9. The van der Waals surface area contributed by atoms with Crippen molar-refractivity contribution < 1.29 is 14.1 Å². The van der Waals surface area contributed by atoms with Crippen LogP contribution in [0.15, 0.2) is 53.2 Å². The van der Waals surface area contributed by atoms with E-state index >= 15 is 0 Å². The van der Waals surface area contributed by atoms with E-state index in [4.69, 9.17) is 4.52 Å². The maximum Gasteiger partial charge on any atom is 0.274 e. The Morgan fingerprint density at radius 1 is 1.10 bits per heavy atom. The molecule has 0 aliphatic heterocycles. The molecule has 7 heteroatoms. The molecule has 0 saturated heterocycles. The van der Waals surface area contributed by atoms with E-state index in [2.05, 4.69) is 20.8 Å². The summed E-state index contributed by atoms with van der Waals surface area (Å²) in [4.78, 5) is 29.5. The van der Waals surface area contributed by atoms with Crippen LogP contribution in [0.3, 0.4) is 0 Å². The Hall–Kier alpha value is -3.48. The fourth-order valence-electron chi connectivity index (χ4n) is 3.05. The van der Waals surface area contributed by atoms with Crippen molar-refractivity contribution in [2.24, 2.45) is 5.92 Å². The van der Waals surface area contributed by atoms with Crippen molar-refractivity contribution in [3.05, 3.63) is 71.2 Å². The third kappa shape index (κ3) is 5.11. The molecule has 1 atom stereocenters. The molecule has 2 aromatic heterocycles. The highest BCUT2D eigenvalue weighted by molar-refractivity contribution is 5.96. The second-order valence-electron chi connectivity index (χ2n) is 7.63. The van der Waals surface area contributed by atoms with Gasteiger partial charge in [-0.2, -0.15) is 0 Å². The minimum Gasteiger partial charge on any atom is -0.355 e. The number of amides is 2. The number of carbonyl (C=O) groups is 2. The first-order valence-electron chi connectivity index (χ1n) is 9.88. The summed E-state index contributed by atoms with van der Waals surface area (Å²) < 4.78 is 5.40. The summed E-state index contributed by atoms with van der Waals surface area (Å²) in [6.07, 6.45) is 1.67. The van der Waals surface area contributed by atoms with Crippen molar-refractivity contribution in [1.29, 1.82) is 0 Å². The topological polar surface area (TPSA) is 97.1 Å². The first-order valence-corrected chi connectivity index (χ1v) is 9.88. The maximum atomic E-state index is 12.7. The van der Waals surface area contributed by atoms with Crippen LogP contribution in [0.1, 0.15) is 41.2 Å². The second-order valence-corrected chi connectivity index (χ2v) is 7.63. The van der Waals surface area contributed by atoms with E-state index in [0.29, 0.717) is 12.3 Å². The number of hydrogen-bond donors (Lipinski definition) is 2. The molecule has 2 amide bonds. The zero-order valence-electron chi connectivity index (χ0n) is 17.6. The Morgan fingerprint density at radius 3 is 2.60 bits per heavy atom. The van der Waals surface area contributed by atoms with Crippen molar-refractivity contribution in [2.75, 3.05) is 0 Å². The monoisotopic (exact) mass is 406 g/mol. The number of nitrogens with zero attached hydrogens (tertiary/aromatic N) is 2. The van der Waals surface area contributed by atoms with Crippen LogP contribution in [0.4, 0.5) is 0 Å². The summed E-state index contributed by atoms with van der Waals surface area (Å²) in [6.45, 7) is 7.99. The maximum absolute atomic E-state index is 12.7. The van der Waals surface area contributed by atoms with Gasteiger partial charge in [0.05, 0.1) is 12.2 Å². The fraction of sp³-hybridized carbons (Fsp3) is 0.304. The number of rotatable bonds is 7. The van der Waals surface area contributed by atoms with Crippen LogP contribution in [0.25, 0.3) is 11.3 Å². The molecular weight excluding hydrogens is 380 g/mol. The fourth-order valence-corrected chi connectivity index (χ4v) is 3.05. The lowest BCUT2D eigenvalue weighted by atomic mass is 10.0. The largest absolute Gasteiger partial charge is 0.355 e. The predicted molar refractivity (Wildman–Crippen MR) is 114 cm³/mol. The highest BCUT2D eigenvalue weighted by Crippen LogP contribution is 2.25. The van der Waals surface area contributed by atoms with Crippen LogP contribution in [0.5, 0.6) is 0 Å². The van der Waals surface area contributed by atoms with Gasteiger partial charge in [0.25, 0.3) is 5.91 Å². The van der Waals surface area contributed by atoms with Crippen molar-refractivity contribution in [3.8, 4) is 11.3 Å². The lowest BCUT2D eigenvalue weighted by Gasteiger charge is -2.21. The van der Waals surface area contributed by atoms with E-state index in [1.54, 1.807) is 12.3 Å². The molecule has 7 nitrogen and oxygen atoms in total. The van der Waals surface area contributed by atoms with Crippen LogP contribution in [0.2, 0.25) is 0 Å². The van der Waals surface area contributed by atoms with E-state index in [1.165, 1.54) is 0 Å². The quantitative estimate of drug-likeness (QED) is 0.627. The van der Waals surface area contributed by atoms with E-state index in [-0.39, 0.29) is 17.5 Å². The van der Waals surface area contributed by atoms with E-state index < -0.39 is 11.9 Å². The first-order chi connectivity index (χ1) is 14.3. The summed E-state index contributed by atoms with van der Waals surface area (Å²) in [6, 6.07) is 12.4. The molecule has 0 radical (unpaired) electrons. The van der Waals surface area contributed by atoms with Gasteiger partial charge in [-0.1, -0.05) is 42.8 Å². The van der Waals surface area contributed by atoms with Gasteiger partial charge in [0, 0.05) is 17.8 Å². The van der Waals surface area contributed by atoms with E-state index in [1.807, 2.05) is 64.1 Å². The SMILES string of the molecule is Cc1ccc(C)c(-c2cc(C(=O)N[C@H](C(=O)NCc3ccccn3)C(C)C)no2)c1. The molecule has 2 heterocycles. The Bertz CT molecular complexity index is 1030. The molecule has 3 rings (SSSR count). The minimum absolute atomic E-state index is 0.108. The van der Waals surface area contributed by atoms with Gasteiger partial charge in [-0.15, -0.1) is 0 Å². The highest BCUT2D eigenvalue weighted by atomic mass is 16.5. The molecule has 0 spiro atoms. The molecule has 30 heavy (non-hydrogen) atoms. The third-order valence-corrected chi connectivity index (χ3v) is 4.81. The van der Waals surface area contributed by atoms with Crippen LogP contribution in [0, 0.1) is 19.8 Å². The zero-order valence-corrected chi connectivity index (χ0v) is 17.6. The van der Waals surface area contributed by atoms with Gasteiger partial charge in [-0.25, -0.2) is 0 Å². The Morgan fingerprint density at radius 2 is 1.90 bits per heavy atom. The van der Waals surface area contributed by atoms with Gasteiger partial charge < -0.3 is 15.2 Å². The molecule has 1 aromatic carbocycles. The summed E-state index contributed by atoms with van der Waals surface area (Å²) in [5.74, 6) is -0.325. The average Bonchev–Trinajstić information content (AvgIpc) is 3.22. The van der Waals surface area contributed by atoms with Gasteiger partial charge in [-0.05, 0) is 43.5 Å². The van der Waals surface area contributed by atoms with E-state index in [0.717, 1.165) is 22.4 Å². The minimum atomic E-state index is -0.706. The first kappa shape index (κ1) is 21.2. The zero-order chi connectivity index (χ0) is 21.7. The molecule has 0 bridgehead atoms. The van der Waals surface area contributed by atoms with Gasteiger partial charge in [0.2, 0.25) is 5.91 Å². The van der Waals surface area contributed by atoms with Crippen LogP contribution >= 0.6 is 0 Å². The molecular formula is C23H26N4O3. The lowest BCUT2D eigenvalue weighted by molar-refractivity contribution is -0.124. The number of aryl methyl sites for hydroxylation is 2. The molecule has 156 valence electrons. The van der Waals surface area contributed by atoms with Gasteiger partial charge in [-0.3, -0.25) is 14.6 Å². The number of aromatic nitrogens is 2. The molecule has 0 aliphatic rings. The predicted octanol–water partition coefficient (Wildman–Crippen LogP) is 3.42. The Kier molecular flexibility index (Phi) is 6.61. The summed E-state index contributed by atoms with van der Waals surface area (Å²) in [7, 11) is 0. The van der Waals surface area contributed by atoms with Gasteiger partial charge in [0.15, 0.2) is 11.5 Å². The third-order valence-electron chi connectivity index (χ3n) is 4.81. The smallest absolute Gasteiger partial charge is 0.274 e. The molecule has 0 saturated carbocycles. The van der Waals surface area contributed by atoms with Crippen molar-refractivity contribution in [3.63, 3.8) is 0 Å². The highest BCUT2D eigenvalue weighted by Gasteiger charge is 2.26.